The lowest BCUT2D eigenvalue weighted by Gasteiger charge is -2.31. The summed E-state index contributed by atoms with van der Waals surface area (Å²) in [5, 5.41) is 8.93. The predicted molar refractivity (Wildman–Crippen MR) is 61.0 cm³/mol. The molecule has 1 aliphatic heterocycles. The van der Waals surface area contributed by atoms with Gasteiger partial charge in [-0.25, -0.2) is 0 Å². The summed E-state index contributed by atoms with van der Waals surface area (Å²) in [6.07, 6.45) is 4.16. The average Bonchev–Trinajstić information content (AvgIpc) is 2.28. The zero-order valence-corrected chi connectivity index (χ0v) is 9.90. The van der Waals surface area contributed by atoms with E-state index in [4.69, 9.17) is 5.11 Å². The molecular formula is C12H19NO3. The Balaban J connectivity index is 2.63. The maximum atomic E-state index is 11.9. The van der Waals surface area contributed by atoms with Crippen molar-refractivity contribution in [3.05, 3.63) is 11.6 Å². The minimum Gasteiger partial charge on any atom is -0.481 e. The highest BCUT2D eigenvalue weighted by Crippen LogP contribution is 2.18. The Morgan fingerprint density at radius 3 is 2.75 bits per heavy atom. The van der Waals surface area contributed by atoms with Crippen molar-refractivity contribution in [2.24, 2.45) is 5.92 Å². The Hall–Kier alpha value is -1.32. The number of carbonyl (C=O) groups excluding carboxylic acids is 1. The van der Waals surface area contributed by atoms with Crippen LogP contribution < -0.4 is 0 Å². The van der Waals surface area contributed by atoms with E-state index in [2.05, 4.69) is 0 Å². The normalized spacial score (nSPS) is 22.0. The highest BCUT2D eigenvalue weighted by atomic mass is 16.4. The molecule has 0 aliphatic carbocycles. The van der Waals surface area contributed by atoms with Gasteiger partial charge in [0.15, 0.2) is 0 Å². The van der Waals surface area contributed by atoms with Crippen LogP contribution in [0.1, 0.15) is 33.1 Å². The number of carbonyl (C=O) groups is 2. The molecule has 4 nitrogen and oxygen atoms in total. The Labute approximate surface area is 95.9 Å². The monoisotopic (exact) mass is 225 g/mol. The maximum absolute atomic E-state index is 11.9. The van der Waals surface area contributed by atoms with Crippen LogP contribution in [0.3, 0.4) is 0 Å². The molecule has 1 aliphatic rings. The third-order valence-corrected chi connectivity index (χ3v) is 2.91. The van der Waals surface area contributed by atoms with Crippen molar-refractivity contribution >= 4 is 11.9 Å². The second kappa shape index (κ2) is 5.68. The first-order valence-corrected chi connectivity index (χ1v) is 5.75. The fraction of sp³-hybridized carbons (Fsp3) is 0.667. The van der Waals surface area contributed by atoms with E-state index < -0.39 is 11.9 Å². The van der Waals surface area contributed by atoms with Gasteiger partial charge in [-0.2, -0.15) is 0 Å². The van der Waals surface area contributed by atoms with Gasteiger partial charge in [0.1, 0.15) is 0 Å². The fourth-order valence-electron chi connectivity index (χ4n) is 2.01. The van der Waals surface area contributed by atoms with Crippen LogP contribution in [0.2, 0.25) is 0 Å². The van der Waals surface area contributed by atoms with Crippen LogP contribution in [0, 0.1) is 5.92 Å². The summed E-state index contributed by atoms with van der Waals surface area (Å²) < 4.78 is 0. The lowest BCUT2D eigenvalue weighted by Crippen LogP contribution is -2.42. The van der Waals surface area contributed by atoms with Gasteiger partial charge < -0.3 is 10.0 Å². The van der Waals surface area contributed by atoms with E-state index in [-0.39, 0.29) is 5.91 Å². The third-order valence-electron chi connectivity index (χ3n) is 2.91. The van der Waals surface area contributed by atoms with Crippen LogP contribution >= 0.6 is 0 Å². The number of rotatable bonds is 3. The Kier molecular flexibility index (Phi) is 4.52. The second-order valence-electron chi connectivity index (χ2n) is 4.22. The van der Waals surface area contributed by atoms with Crippen molar-refractivity contribution in [3.63, 3.8) is 0 Å². The number of hydrogen-bond donors (Lipinski definition) is 1. The smallest absolute Gasteiger partial charge is 0.308 e. The zero-order valence-electron chi connectivity index (χ0n) is 9.90. The molecule has 90 valence electrons. The molecule has 0 radical (unpaired) electrons. The molecule has 1 atom stereocenters. The second-order valence-corrected chi connectivity index (χ2v) is 4.22. The van der Waals surface area contributed by atoms with Gasteiger partial charge in [-0.15, -0.1) is 0 Å². The molecule has 0 spiro atoms. The summed E-state index contributed by atoms with van der Waals surface area (Å²) >= 11 is 0. The van der Waals surface area contributed by atoms with Crippen LogP contribution in [0.15, 0.2) is 11.6 Å². The first-order chi connectivity index (χ1) is 7.56. The number of hydrogen-bond acceptors (Lipinski definition) is 2. The van der Waals surface area contributed by atoms with Gasteiger partial charge >= 0.3 is 5.97 Å². The highest BCUT2D eigenvalue weighted by Gasteiger charge is 2.28. The molecule has 1 fully saturated rings. The lowest BCUT2D eigenvalue weighted by molar-refractivity contribution is -0.145. The number of likely N-dealkylation sites (tertiary alicyclic amines) is 1. The number of piperidine rings is 1. The molecule has 1 saturated heterocycles. The largest absolute Gasteiger partial charge is 0.481 e. The number of carboxylic acid groups (broad SMARTS) is 1. The standard InChI is InChI=1S/C12H19NO3/c1-3-5-9(2)11(14)13-7-4-6-10(8-13)12(15)16/h5,10H,3-4,6-8H2,1-2H3,(H,15,16)/b9-5+/t10-/m0/s1. The number of amides is 1. The average molecular weight is 225 g/mol. The van der Waals surface area contributed by atoms with Crippen molar-refractivity contribution in [3.8, 4) is 0 Å². The van der Waals surface area contributed by atoms with Crippen LogP contribution in [0.25, 0.3) is 0 Å². The summed E-state index contributed by atoms with van der Waals surface area (Å²) in [4.78, 5) is 24.4. The number of nitrogens with zero attached hydrogens (tertiary/aromatic N) is 1. The van der Waals surface area contributed by atoms with Crippen molar-refractivity contribution in [2.75, 3.05) is 13.1 Å². The molecular weight excluding hydrogens is 206 g/mol. The van der Waals surface area contributed by atoms with Crippen molar-refractivity contribution in [1.82, 2.24) is 4.90 Å². The van der Waals surface area contributed by atoms with Gasteiger partial charge in [-0.05, 0) is 26.2 Å². The Bertz CT molecular complexity index is 309. The van der Waals surface area contributed by atoms with E-state index >= 15 is 0 Å². The van der Waals surface area contributed by atoms with Crippen molar-refractivity contribution in [2.45, 2.75) is 33.1 Å². The lowest BCUT2D eigenvalue weighted by atomic mass is 9.97. The van der Waals surface area contributed by atoms with E-state index in [1.54, 1.807) is 11.8 Å². The molecule has 1 heterocycles. The SMILES string of the molecule is CC/C=C(\C)C(=O)N1CCC[C@H](C(=O)O)C1. The molecule has 0 unspecified atom stereocenters. The highest BCUT2D eigenvalue weighted by molar-refractivity contribution is 5.93. The molecule has 0 aromatic heterocycles. The van der Waals surface area contributed by atoms with Gasteiger partial charge in [0.25, 0.3) is 0 Å². The number of allylic oxidation sites excluding steroid dienone is 1. The molecule has 0 aromatic rings. The summed E-state index contributed by atoms with van der Waals surface area (Å²) in [5.74, 6) is -1.21. The first-order valence-electron chi connectivity index (χ1n) is 5.75. The van der Waals surface area contributed by atoms with Gasteiger partial charge in [0.05, 0.1) is 5.92 Å². The van der Waals surface area contributed by atoms with Crippen LogP contribution in [-0.4, -0.2) is 35.0 Å². The van der Waals surface area contributed by atoms with E-state index in [0.717, 1.165) is 12.8 Å². The zero-order chi connectivity index (χ0) is 12.1. The fourth-order valence-corrected chi connectivity index (χ4v) is 2.01. The van der Waals surface area contributed by atoms with E-state index in [1.807, 2.05) is 13.0 Å². The minimum absolute atomic E-state index is 0.0206. The molecule has 16 heavy (non-hydrogen) atoms. The third kappa shape index (κ3) is 3.08. The molecule has 4 heteroatoms. The molecule has 1 amide bonds. The molecule has 0 saturated carbocycles. The van der Waals surface area contributed by atoms with Gasteiger partial charge in [-0.3, -0.25) is 9.59 Å². The number of carboxylic acids is 1. The molecule has 0 bridgehead atoms. The van der Waals surface area contributed by atoms with Gasteiger partial charge in [0, 0.05) is 18.7 Å². The molecule has 1 N–H and O–H groups in total. The van der Waals surface area contributed by atoms with Crippen LogP contribution in [-0.2, 0) is 9.59 Å². The Morgan fingerprint density at radius 2 is 2.19 bits per heavy atom. The topological polar surface area (TPSA) is 57.6 Å². The predicted octanol–water partition coefficient (Wildman–Crippen LogP) is 1.67. The van der Waals surface area contributed by atoms with Crippen LogP contribution in [0.4, 0.5) is 0 Å². The first kappa shape index (κ1) is 12.7. The minimum atomic E-state index is -0.797. The van der Waals surface area contributed by atoms with Crippen LogP contribution in [0.5, 0.6) is 0 Å². The van der Waals surface area contributed by atoms with Crippen molar-refractivity contribution < 1.29 is 14.7 Å². The van der Waals surface area contributed by atoms with Gasteiger partial charge in [-0.1, -0.05) is 13.0 Å². The summed E-state index contributed by atoms with van der Waals surface area (Å²) in [7, 11) is 0. The maximum Gasteiger partial charge on any atom is 0.308 e. The summed E-state index contributed by atoms with van der Waals surface area (Å²) in [6.45, 7) is 4.80. The van der Waals surface area contributed by atoms with Crippen molar-refractivity contribution in [1.29, 1.82) is 0 Å². The Morgan fingerprint density at radius 1 is 1.50 bits per heavy atom. The summed E-state index contributed by atoms with van der Waals surface area (Å²) in [5.41, 5.74) is 0.716. The van der Waals surface area contributed by atoms with E-state index in [0.29, 0.717) is 25.1 Å². The van der Waals surface area contributed by atoms with E-state index in [1.165, 1.54) is 0 Å². The summed E-state index contributed by atoms with van der Waals surface area (Å²) in [6, 6.07) is 0. The molecule has 0 aromatic carbocycles. The quantitative estimate of drug-likeness (QED) is 0.743. The number of aliphatic carboxylic acids is 1. The van der Waals surface area contributed by atoms with Gasteiger partial charge in [0.2, 0.25) is 5.91 Å². The van der Waals surface area contributed by atoms with E-state index in [9.17, 15) is 9.59 Å². The molecule has 1 rings (SSSR count).